The summed E-state index contributed by atoms with van der Waals surface area (Å²) in [5.41, 5.74) is 10.1. The average molecular weight is 569 g/mol. The monoisotopic (exact) mass is 568 g/mol. The van der Waals surface area contributed by atoms with Crippen molar-refractivity contribution in [3.8, 4) is 16.9 Å². The molecule has 0 saturated carbocycles. The third-order valence-electron chi connectivity index (χ3n) is 7.32. The number of carbonyl (C=O) groups is 2. The smallest absolute Gasteiger partial charge is 0.218 e. The van der Waals surface area contributed by atoms with Gasteiger partial charge in [0.05, 0.1) is 24.2 Å². The molecule has 0 aliphatic carbocycles. The van der Waals surface area contributed by atoms with Crippen LogP contribution in [0.25, 0.3) is 11.1 Å². The lowest BCUT2D eigenvalue weighted by Gasteiger charge is -2.41. The summed E-state index contributed by atoms with van der Waals surface area (Å²) < 4.78 is 11.7. The van der Waals surface area contributed by atoms with Gasteiger partial charge in [-0.1, -0.05) is 54.6 Å². The molecule has 42 heavy (non-hydrogen) atoms. The quantitative estimate of drug-likeness (QED) is 0.211. The summed E-state index contributed by atoms with van der Waals surface area (Å²) in [5.74, 6) is -1.60. The number of aliphatic hydroxyl groups is 3. The standard InChI is InChI=1S/C33H32N2O7/c34-30(38)18-27-31(39)32(40)29(20-37)42-33(27)41-28-17-22(11-12-23(28)19-36)21-13-15-26(16-14-21)35(24-7-3-1-4-8-24)25-9-5-2-6-10-25/h1-17,19,27,29,31-33,37,39-40H,18,20H2,(H2,34,38)/t27-,29-,31-,32?,33?/m1/s1. The van der Waals surface area contributed by atoms with E-state index < -0.39 is 43.0 Å². The van der Waals surface area contributed by atoms with Gasteiger partial charge in [-0.05, 0) is 59.7 Å². The molecule has 5 atom stereocenters. The summed E-state index contributed by atoms with van der Waals surface area (Å²) in [7, 11) is 0. The second kappa shape index (κ2) is 13.0. The Labute approximate surface area is 243 Å². The number of benzene rings is 4. The highest BCUT2D eigenvalue weighted by atomic mass is 16.7. The van der Waals surface area contributed by atoms with Crippen molar-refractivity contribution in [1.29, 1.82) is 0 Å². The van der Waals surface area contributed by atoms with Crippen LogP contribution in [0.4, 0.5) is 17.1 Å². The topological polar surface area (TPSA) is 143 Å². The molecule has 1 aliphatic rings. The van der Waals surface area contributed by atoms with Gasteiger partial charge in [0.2, 0.25) is 12.2 Å². The molecule has 0 bridgehead atoms. The van der Waals surface area contributed by atoms with Crippen molar-refractivity contribution in [2.24, 2.45) is 11.7 Å². The summed E-state index contributed by atoms with van der Waals surface area (Å²) in [4.78, 5) is 25.7. The third kappa shape index (κ3) is 6.19. The molecule has 1 aliphatic heterocycles. The van der Waals surface area contributed by atoms with Gasteiger partial charge in [0.1, 0.15) is 18.0 Å². The number of hydrogen-bond donors (Lipinski definition) is 4. The fourth-order valence-corrected chi connectivity index (χ4v) is 5.15. The zero-order chi connectivity index (χ0) is 29.6. The number of rotatable bonds is 10. The Morgan fingerprint density at radius 3 is 1.95 bits per heavy atom. The number of nitrogens with zero attached hydrogens (tertiary/aromatic N) is 1. The van der Waals surface area contributed by atoms with Crippen LogP contribution in [0.2, 0.25) is 0 Å². The lowest BCUT2D eigenvalue weighted by molar-refractivity contribution is -0.260. The number of aliphatic hydroxyl groups excluding tert-OH is 3. The summed E-state index contributed by atoms with van der Waals surface area (Å²) >= 11 is 0. The molecule has 9 heteroatoms. The van der Waals surface area contributed by atoms with Crippen LogP contribution >= 0.6 is 0 Å². The zero-order valence-corrected chi connectivity index (χ0v) is 22.7. The Morgan fingerprint density at radius 2 is 1.40 bits per heavy atom. The molecule has 2 unspecified atom stereocenters. The summed E-state index contributed by atoms with van der Waals surface area (Å²) in [6, 6.07) is 33.0. The molecule has 216 valence electrons. The minimum absolute atomic E-state index is 0.154. The number of para-hydroxylation sites is 2. The maximum absolute atomic E-state index is 11.9. The Hall–Kier alpha value is -4.54. The van der Waals surface area contributed by atoms with E-state index in [1.54, 1.807) is 18.2 Å². The van der Waals surface area contributed by atoms with E-state index in [1.165, 1.54) is 0 Å². The fourth-order valence-electron chi connectivity index (χ4n) is 5.15. The first kappa shape index (κ1) is 29.0. The van der Waals surface area contributed by atoms with Crippen LogP contribution in [0.3, 0.4) is 0 Å². The highest BCUT2D eigenvalue weighted by Gasteiger charge is 2.46. The molecule has 4 aromatic carbocycles. The molecule has 1 saturated heterocycles. The van der Waals surface area contributed by atoms with Gasteiger partial charge in [0.15, 0.2) is 6.29 Å². The zero-order valence-electron chi connectivity index (χ0n) is 22.7. The first-order valence-corrected chi connectivity index (χ1v) is 13.6. The second-order valence-corrected chi connectivity index (χ2v) is 10.1. The Balaban J connectivity index is 1.45. The van der Waals surface area contributed by atoms with Crippen LogP contribution in [0.1, 0.15) is 16.8 Å². The van der Waals surface area contributed by atoms with Crippen LogP contribution in [0, 0.1) is 5.92 Å². The number of hydrogen-bond acceptors (Lipinski definition) is 8. The number of nitrogens with two attached hydrogens (primary N) is 1. The van der Waals surface area contributed by atoms with Gasteiger partial charge < -0.3 is 35.4 Å². The van der Waals surface area contributed by atoms with Crippen molar-refractivity contribution in [1.82, 2.24) is 0 Å². The van der Waals surface area contributed by atoms with Gasteiger partial charge >= 0.3 is 0 Å². The number of carbonyl (C=O) groups excluding carboxylic acids is 2. The van der Waals surface area contributed by atoms with Gasteiger partial charge in [-0.2, -0.15) is 0 Å². The summed E-state index contributed by atoms with van der Waals surface area (Å²) in [5, 5.41) is 30.6. The van der Waals surface area contributed by atoms with E-state index in [-0.39, 0.29) is 17.7 Å². The van der Waals surface area contributed by atoms with E-state index in [0.717, 1.165) is 28.2 Å². The fraction of sp³-hybridized carbons (Fsp3) is 0.212. The van der Waals surface area contributed by atoms with E-state index >= 15 is 0 Å². The van der Waals surface area contributed by atoms with Gasteiger partial charge in [-0.15, -0.1) is 0 Å². The Kier molecular flexibility index (Phi) is 8.94. The van der Waals surface area contributed by atoms with Crippen molar-refractivity contribution in [2.75, 3.05) is 11.5 Å². The minimum Gasteiger partial charge on any atom is -0.464 e. The van der Waals surface area contributed by atoms with Gasteiger partial charge in [0, 0.05) is 23.5 Å². The third-order valence-corrected chi connectivity index (χ3v) is 7.32. The molecule has 4 aromatic rings. The maximum atomic E-state index is 11.9. The predicted molar refractivity (Wildman–Crippen MR) is 158 cm³/mol. The molecule has 5 rings (SSSR count). The SMILES string of the molecule is NC(=O)C[C@H]1C(Oc2cc(-c3ccc(N(c4ccccc4)c4ccccc4)cc3)ccc2C=O)O[C@H](CO)C(O)[C@@H]1O. The average Bonchev–Trinajstić information content (AvgIpc) is 3.02. The Bertz CT molecular complexity index is 1460. The van der Waals surface area contributed by atoms with E-state index in [1.807, 2.05) is 84.9 Å². The van der Waals surface area contributed by atoms with E-state index in [9.17, 15) is 24.9 Å². The van der Waals surface area contributed by atoms with E-state index in [2.05, 4.69) is 4.90 Å². The van der Waals surface area contributed by atoms with Crippen molar-refractivity contribution >= 4 is 29.3 Å². The number of primary amides is 1. The number of anilines is 3. The second-order valence-electron chi connectivity index (χ2n) is 10.1. The molecule has 1 amide bonds. The van der Waals surface area contributed by atoms with Crippen molar-refractivity contribution in [2.45, 2.75) is 31.0 Å². The van der Waals surface area contributed by atoms with Crippen LogP contribution in [-0.2, 0) is 9.53 Å². The summed E-state index contributed by atoms with van der Waals surface area (Å²) in [6.45, 7) is -0.586. The molecular formula is C33H32N2O7. The first-order valence-electron chi connectivity index (χ1n) is 13.6. The van der Waals surface area contributed by atoms with Gasteiger partial charge in [-0.3, -0.25) is 9.59 Å². The van der Waals surface area contributed by atoms with Crippen molar-refractivity contribution < 1.29 is 34.4 Å². The van der Waals surface area contributed by atoms with Gasteiger partial charge in [-0.25, -0.2) is 0 Å². The molecule has 9 nitrogen and oxygen atoms in total. The molecule has 1 fully saturated rings. The molecular weight excluding hydrogens is 536 g/mol. The van der Waals surface area contributed by atoms with Crippen LogP contribution in [-0.4, -0.2) is 58.7 Å². The van der Waals surface area contributed by atoms with E-state index in [0.29, 0.717) is 6.29 Å². The number of aldehydes is 1. The maximum Gasteiger partial charge on any atom is 0.218 e. The molecule has 1 heterocycles. The normalized spacial score (nSPS) is 21.8. The predicted octanol–water partition coefficient (Wildman–Crippen LogP) is 3.95. The number of ether oxygens (including phenoxy) is 2. The molecule has 0 aromatic heterocycles. The Morgan fingerprint density at radius 1 is 0.833 bits per heavy atom. The molecule has 5 N–H and O–H groups in total. The lowest BCUT2D eigenvalue weighted by Crippen LogP contribution is -2.57. The van der Waals surface area contributed by atoms with Crippen molar-refractivity contribution in [3.63, 3.8) is 0 Å². The van der Waals surface area contributed by atoms with Gasteiger partial charge in [0.25, 0.3) is 0 Å². The first-order chi connectivity index (χ1) is 20.4. The molecule has 0 spiro atoms. The van der Waals surface area contributed by atoms with Crippen LogP contribution in [0.15, 0.2) is 103 Å². The van der Waals surface area contributed by atoms with Crippen molar-refractivity contribution in [3.05, 3.63) is 109 Å². The largest absolute Gasteiger partial charge is 0.464 e. The van der Waals surface area contributed by atoms with Crippen LogP contribution in [0.5, 0.6) is 5.75 Å². The number of amides is 1. The molecule has 0 radical (unpaired) electrons. The van der Waals surface area contributed by atoms with Crippen LogP contribution < -0.4 is 15.4 Å². The lowest BCUT2D eigenvalue weighted by atomic mass is 9.88. The van der Waals surface area contributed by atoms with E-state index in [4.69, 9.17) is 15.2 Å². The highest BCUT2D eigenvalue weighted by molar-refractivity contribution is 5.83. The summed E-state index contributed by atoms with van der Waals surface area (Å²) in [6.07, 6.45) is -5.00. The highest BCUT2D eigenvalue weighted by Crippen LogP contribution is 2.37. The minimum atomic E-state index is -1.44.